The van der Waals surface area contributed by atoms with E-state index >= 15 is 0 Å². The molecule has 1 saturated heterocycles. The summed E-state index contributed by atoms with van der Waals surface area (Å²) in [6.45, 7) is 4.23. The van der Waals surface area contributed by atoms with Crippen LogP contribution in [0.1, 0.15) is 18.4 Å². The molecule has 186 valence electrons. The van der Waals surface area contributed by atoms with E-state index in [0.717, 1.165) is 12.1 Å². The molecule has 2 heterocycles. The number of carbonyl (C=O) groups is 1. The summed E-state index contributed by atoms with van der Waals surface area (Å²) in [5.41, 5.74) is -0.538. The fraction of sp³-hybridized carbons (Fsp3) is 0.375. The Morgan fingerprint density at radius 3 is 2.43 bits per heavy atom. The monoisotopic (exact) mass is 490 g/mol. The van der Waals surface area contributed by atoms with Crippen LogP contribution in [0.15, 0.2) is 53.1 Å². The van der Waals surface area contributed by atoms with E-state index in [0.29, 0.717) is 50.1 Å². The van der Waals surface area contributed by atoms with E-state index in [-0.39, 0.29) is 17.3 Å². The van der Waals surface area contributed by atoms with Crippen molar-refractivity contribution in [3.8, 4) is 22.9 Å². The quantitative estimate of drug-likeness (QED) is 0.497. The molecule has 1 fully saturated rings. The Labute approximate surface area is 200 Å². The number of alkyl halides is 3. The summed E-state index contributed by atoms with van der Waals surface area (Å²) in [6.07, 6.45) is -5.09. The molecule has 35 heavy (non-hydrogen) atoms. The maximum Gasteiger partial charge on any atom is 0.416 e. The van der Waals surface area contributed by atoms with Crippen LogP contribution in [0.25, 0.3) is 11.4 Å². The normalized spacial score (nSPS) is 15.6. The lowest BCUT2D eigenvalue weighted by Crippen LogP contribution is -2.51. The third kappa shape index (κ3) is 6.10. The van der Waals surface area contributed by atoms with Crippen LogP contribution in [-0.2, 0) is 17.5 Å². The molecule has 1 aromatic heterocycles. The van der Waals surface area contributed by atoms with Gasteiger partial charge in [-0.1, -0.05) is 17.3 Å². The second kappa shape index (κ2) is 10.3. The summed E-state index contributed by atoms with van der Waals surface area (Å²) < 4.78 is 55.0. The minimum absolute atomic E-state index is 0.101. The number of rotatable bonds is 7. The van der Waals surface area contributed by atoms with Gasteiger partial charge in [0.05, 0.1) is 19.2 Å². The second-order valence-corrected chi connectivity index (χ2v) is 8.13. The SMILES string of the molecule is COc1ccc(OC(C)C(=O)N2CCN(Cc3nc(-c4cccc(C(F)(F)F)c4)no3)CC2)cc1. The first-order valence-electron chi connectivity index (χ1n) is 11.0. The number of amides is 1. The zero-order valence-electron chi connectivity index (χ0n) is 19.3. The number of carbonyl (C=O) groups excluding carboxylic acids is 1. The molecule has 2 aromatic carbocycles. The van der Waals surface area contributed by atoms with Crippen molar-refractivity contribution >= 4 is 5.91 Å². The highest BCUT2D eigenvalue weighted by atomic mass is 19.4. The van der Waals surface area contributed by atoms with Crippen LogP contribution in [0.5, 0.6) is 11.5 Å². The molecule has 0 radical (unpaired) electrons. The van der Waals surface area contributed by atoms with Gasteiger partial charge >= 0.3 is 6.18 Å². The molecule has 0 aliphatic carbocycles. The first-order valence-corrected chi connectivity index (χ1v) is 11.0. The number of hydrogen-bond acceptors (Lipinski definition) is 7. The fourth-order valence-corrected chi connectivity index (χ4v) is 3.75. The van der Waals surface area contributed by atoms with E-state index < -0.39 is 17.8 Å². The Morgan fingerprint density at radius 2 is 1.77 bits per heavy atom. The highest BCUT2D eigenvalue weighted by Gasteiger charge is 2.31. The van der Waals surface area contributed by atoms with Gasteiger partial charge in [-0.25, -0.2) is 0 Å². The number of ether oxygens (including phenoxy) is 2. The predicted octanol–water partition coefficient (Wildman–Crippen LogP) is 3.88. The predicted molar refractivity (Wildman–Crippen MR) is 120 cm³/mol. The van der Waals surface area contributed by atoms with Gasteiger partial charge in [0.15, 0.2) is 6.10 Å². The van der Waals surface area contributed by atoms with Crippen LogP contribution < -0.4 is 9.47 Å². The van der Waals surface area contributed by atoms with Crippen LogP contribution in [0.3, 0.4) is 0 Å². The highest BCUT2D eigenvalue weighted by Crippen LogP contribution is 2.31. The lowest BCUT2D eigenvalue weighted by Gasteiger charge is -2.35. The van der Waals surface area contributed by atoms with Crippen LogP contribution >= 0.6 is 0 Å². The number of aromatic nitrogens is 2. The van der Waals surface area contributed by atoms with Gasteiger partial charge in [0.25, 0.3) is 5.91 Å². The first kappa shape index (κ1) is 24.5. The van der Waals surface area contributed by atoms with Crippen molar-refractivity contribution in [3.05, 3.63) is 60.0 Å². The van der Waals surface area contributed by atoms with Gasteiger partial charge < -0.3 is 18.9 Å². The third-order valence-corrected chi connectivity index (χ3v) is 5.68. The molecule has 8 nitrogen and oxygen atoms in total. The zero-order chi connectivity index (χ0) is 25.0. The summed E-state index contributed by atoms with van der Waals surface area (Å²) in [5.74, 6) is 1.58. The molecule has 1 aliphatic heterocycles. The van der Waals surface area contributed by atoms with E-state index in [9.17, 15) is 18.0 Å². The highest BCUT2D eigenvalue weighted by molar-refractivity contribution is 5.81. The minimum atomic E-state index is -4.45. The van der Waals surface area contributed by atoms with Gasteiger partial charge in [-0.15, -0.1) is 0 Å². The topological polar surface area (TPSA) is 80.9 Å². The van der Waals surface area contributed by atoms with Gasteiger partial charge in [0.1, 0.15) is 11.5 Å². The van der Waals surface area contributed by atoms with E-state index in [1.807, 2.05) is 4.90 Å². The number of methoxy groups -OCH3 is 1. The van der Waals surface area contributed by atoms with Crippen molar-refractivity contribution in [1.82, 2.24) is 19.9 Å². The molecule has 4 rings (SSSR count). The maximum atomic E-state index is 13.0. The summed E-state index contributed by atoms with van der Waals surface area (Å²) in [5, 5.41) is 3.82. The summed E-state index contributed by atoms with van der Waals surface area (Å²) in [7, 11) is 1.58. The van der Waals surface area contributed by atoms with Crippen LogP contribution in [0.4, 0.5) is 13.2 Å². The molecule has 1 aliphatic rings. The third-order valence-electron chi connectivity index (χ3n) is 5.68. The van der Waals surface area contributed by atoms with Crippen LogP contribution in [0, 0.1) is 0 Å². The summed E-state index contributed by atoms with van der Waals surface area (Å²) >= 11 is 0. The molecule has 1 unspecified atom stereocenters. The average Bonchev–Trinajstić information content (AvgIpc) is 3.32. The maximum absolute atomic E-state index is 13.0. The van der Waals surface area contributed by atoms with Crippen molar-refractivity contribution < 1.29 is 32.0 Å². The van der Waals surface area contributed by atoms with Crippen molar-refractivity contribution in [2.24, 2.45) is 0 Å². The molecule has 1 atom stereocenters. The second-order valence-electron chi connectivity index (χ2n) is 8.13. The van der Waals surface area contributed by atoms with Gasteiger partial charge in [-0.2, -0.15) is 18.2 Å². The Balaban J connectivity index is 1.28. The molecule has 1 amide bonds. The van der Waals surface area contributed by atoms with Crippen molar-refractivity contribution in [2.45, 2.75) is 25.7 Å². The van der Waals surface area contributed by atoms with Crippen LogP contribution in [-0.4, -0.2) is 65.2 Å². The van der Waals surface area contributed by atoms with Crippen molar-refractivity contribution in [2.75, 3.05) is 33.3 Å². The fourth-order valence-electron chi connectivity index (χ4n) is 3.75. The molecular formula is C24H25F3N4O4. The lowest BCUT2D eigenvalue weighted by molar-refractivity contribution is -0.140. The number of nitrogens with zero attached hydrogens (tertiary/aromatic N) is 4. The molecular weight excluding hydrogens is 465 g/mol. The molecule has 11 heteroatoms. The average molecular weight is 490 g/mol. The number of hydrogen-bond donors (Lipinski definition) is 0. The Morgan fingerprint density at radius 1 is 1.09 bits per heavy atom. The number of halogens is 3. The lowest BCUT2D eigenvalue weighted by atomic mass is 10.1. The van der Waals surface area contributed by atoms with E-state index in [2.05, 4.69) is 10.1 Å². The summed E-state index contributed by atoms with van der Waals surface area (Å²) in [6, 6.07) is 11.8. The molecule has 3 aromatic rings. The summed E-state index contributed by atoms with van der Waals surface area (Å²) in [4.78, 5) is 20.8. The number of piperazine rings is 1. The molecule has 0 bridgehead atoms. The molecule has 0 N–H and O–H groups in total. The van der Waals surface area contributed by atoms with E-state index in [4.69, 9.17) is 14.0 Å². The zero-order valence-corrected chi connectivity index (χ0v) is 19.3. The smallest absolute Gasteiger partial charge is 0.416 e. The van der Waals surface area contributed by atoms with Gasteiger partial charge in [-0.05, 0) is 43.3 Å². The van der Waals surface area contributed by atoms with E-state index in [1.54, 1.807) is 43.2 Å². The Bertz CT molecular complexity index is 1140. The first-order chi connectivity index (χ1) is 16.7. The van der Waals surface area contributed by atoms with Gasteiger partial charge in [-0.3, -0.25) is 9.69 Å². The Kier molecular flexibility index (Phi) is 7.25. The van der Waals surface area contributed by atoms with Gasteiger partial charge in [0.2, 0.25) is 11.7 Å². The Hall–Kier alpha value is -3.60. The van der Waals surface area contributed by atoms with Crippen molar-refractivity contribution in [1.29, 1.82) is 0 Å². The molecule has 0 spiro atoms. The van der Waals surface area contributed by atoms with Crippen molar-refractivity contribution in [3.63, 3.8) is 0 Å². The largest absolute Gasteiger partial charge is 0.497 e. The van der Waals surface area contributed by atoms with Gasteiger partial charge in [0, 0.05) is 31.7 Å². The molecule has 0 saturated carbocycles. The standard InChI is InChI=1S/C24H25F3N4O4/c1-16(34-20-8-6-19(33-2)7-9-20)23(32)31-12-10-30(11-13-31)15-21-28-22(29-35-21)17-4-3-5-18(14-17)24(25,26)27/h3-9,14,16H,10-13,15H2,1-2H3. The minimum Gasteiger partial charge on any atom is -0.497 e. The van der Waals surface area contributed by atoms with Crippen LogP contribution in [0.2, 0.25) is 0 Å². The number of benzene rings is 2. The van der Waals surface area contributed by atoms with E-state index in [1.165, 1.54) is 12.1 Å².